The minimum absolute atomic E-state index is 0.0845. The molecule has 1 atom stereocenters. The highest BCUT2D eigenvalue weighted by Gasteiger charge is 2.31. The van der Waals surface area contributed by atoms with Crippen LogP contribution in [0.2, 0.25) is 0 Å². The summed E-state index contributed by atoms with van der Waals surface area (Å²) in [7, 11) is 0. The van der Waals surface area contributed by atoms with Gasteiger partial charge in [0.2, 0.25) is 0 Å². The lowest BCUT2D eigenvalue weighted by Crippen LogP contribution is -2.35. The van der Waals surface area contributed by atoms with Gasteiger partial charge in [-0.3, -0.25) is 4.79 Å². The van der Waals surface area contributed by atoms with Gasteiger partial charge < -0.3 is 9.88 Å². The number of pyridine rings is 1. The van der Waals surface area contributed by atoms with Crippen LogP contribution in [0.25, 0.3) is 0 Å². The molecule has 0 bridgehead atoms. The minimum Gasteiger partial charge on any atom is -0.348 e. The molecule has 3 heterocycles. The Labute approximate surface area is 135 Å². The van der Waals surface area contributed by atoms with Crippen molar-refractivity contribution >= 4 is 5.91 Å². The largest absolute Gasteiger partial charge is 0.348 e. The van der Waals surface area contributed by atoms with Crippen molar-refractivity contribution in [3.63, 3.8) is 0 Å². The average Bonchev–Trinajstić information content (AvgIpc) is 3.34. The van der Waals surface area contributed by atoms with Gasteiger partial charge in [-0.15, -0.1) is 10.2 Å². The van der Waals surface area contributed by atoms with Crippen molar-refractivity contribution in [1.82, 2.24) is 25.1 Å². The zero-order valence-corrected chi connectivity index (χ0v) is 13.3. The van der Waals surface area contributed by atoms with Gasteiger partial charge in [0.05, 0.1) is 0 Å². The highest BCUT2D eigenvalue weighted by molar-refractivity contribution is 5.92. The Bertz CT molecular complexity index is 734. The fourth-order valence-corrected chi connectivity index (χ4v) is 3.23. The summed E-state index contributed by atoms with van der Waals surface area (Å²) in [6.45, 7) is 2.79. The first-order chi connectivity index (χ1) is 11.2. The number of carbonyl (C=O) groups is 1. The summed E-state index contributed by atoms with van der Waals surface area (Å²) >= 11 is 0. The molecule has 2 aromatic rings. The van der Waals surface area contributed by atoms with E-state index in [-0.39, 0.29) is 11.9 Å². The Morgan fingerprint density at radius 1 is 1.22 bits per heavy atom. The zero-order chi connectivity index (χ0) is 15.8. The molecule has 4 rings (SSSR count). The van der Waals surface area contributed by atoms with E-state index in [4.69, 9.17) is 0 Å². The summed E-state index contributed by atoms with van der Waals surface area (Å²) in [5.41, 5.74) is 1.35. The van der Waals surface area contributed by atoms with Crippen molar-refractivity contribution in [1.29, 1.82) is 0 Å². The van der Waals surface area contributed by atoms with Crippen LogP contribution in [-0.4, -0.2) is 31.7 Å². The highest BCUT2D eigenvalue weighted by Crippen LogP contribution is 2.39. The number of carbonyl (C=O) groups excluding carboxylic acids is 1. The second-order valence-electron chi connectivity index (χ2n) is 6.56. The maximum Gasteiger partial charge on any atom is 0.270 e. The van der Waals surface area contributed by atoms with Crippen LogP contribution in [0, 0.1) is 6.92 Å². The second kappa shape index (κ2) is 5.76. The quantitative estimate of drug-likeness (QED) is 0.941. The number of nitrogens with one attached hydrogen (secondary N) is 1. The third-order valence-electron chi connectivity index (χ3n) is 4.67. The predicted octanol–water partition coefficient (Wildman–Crippen LogP) is 1.99. The number of aromatic nitrogens is 4. The lowest BCUT2D eigenvalue weighted by Gasteiger charge is -2.16. The molecule has 1 aliphatic heterocycles. The van der Waals surface area contributed by atoms with Gasteiger partial charge in [-0.1, -0.05) is 6.07 Å². The summed E-state index contributed by atoms with van der Waals surface area (Å²) in [4.78, 5) is 16.7. The molecule has 0 aromatic carbocycles. The molecule has 0 saturated heterocycles. The van der Waals surface area contributed by atoms with E-state index in [0.29, 0.717) is 11.6 Å². The van der Waals surface area contributed by atoms with Crippen molar-refractivity contribution in [2.75, 3.05) is 0 Å². The molecule has 1 saturated carbocycles. The molecule has 1 amide bonds. The van der Waals surface area contributed by atoms with Crippen LogP contribution in [0.5, 0.6) is 0 Å². The number of amides is 1. The Morgan fingerprint density at radius 3 is 2.87 bits per heavy atom. The van der Waals surface area contributed by atoms with Gasteiger partial charge >= 0.3 is 0 Å². The molecule has 6 nitrogen and oxygen atoms in total. The molecule has 120 valence electrons. The van der Waals surface area contributed by atoms with Crippen molar-refractivity contribution in [3.8, 4) is 0 Å². The zero-order valence-electron chi connectivity index (χ0n) is 13.3. The summed E-state index contributed by atoms with van der Waals surface area (Å²) in [6, 6.07) is 5.69. The van der Waals surface area contributed by atoms with E-state index in [1.54, 1.807) is 6.07 Å². The van der Waals surface area contributed by atoms with Crippen molar-refractivity contribution < 1.29 is 4.79 Å². The van der Waals surface area contributed by atoms with Gasteiger partial charge in [-0.25, -0.2) is 4.98 Å². The Hall–Kier alpha value is -2.24. The van der Waals surface area contributed by atoms with E-state index in [1.165, 1.54) is 12.8 Å². The van der Waals surface area contributed by atoms with Gasteiger partial charge in [0.1, 0.15) is 17.3 Å². The lowest BCUT2D eigenvalue weighted by molar-refractivity contribution is 0.0927. The molecule has 1 N–H and O–H groups in total. The van der Waals surface area contributed by atoms with Crippen LogP contribution in [0.1, 0.15) is 59.4 Å². The fraction of sp³-hybridized carbons (Fsp3) is 0.529. The van der Waals surface area contributed by atoms with Crippen molar-refractivity contribution in [3.05, 3.63) is 41.2 Å². The average molecular weight is 311 g/mol. The van der Waals surface area contributed by atoms with Crippen LogP contribution in [0.3, 0.4) is 0 Å². The number of nitrogens with zero attached hydrogens (tertiary/aromatic N) is 4. The maximum absolute atomic E-state index is 12.4. The smallest absolute Gasteiger partial charge is 0.270 e. The molecular weight excluding hydrogens is 290 g/mol. The van der Waals surface area contributed by atoms with Crippen molar-refractivity contribution in [2.24, 2.45) is 0 Å². The number of rotatable bonds is 3. The standard InChI is InChI=1S/C17H21N5O/c1-11-3-2-4-14(18-11)17(23)19-13-7-8-15-20-21-16(12-5-6-12)22(15)10-9-13/h2-4,12-13H,5-10H2,1H3,(H,19,23). The van der Waals surface area contributed by atoms with E-state index >= 15 is 0 Å². The Kier molecular flexibility index (Phi) is 3.59. The van der Waals surface area contributed by atoms with E-state index in [1.807, 2.05) is 19.1 Å². The molecular formula is C17H21N5O. The van der Waals surface area contributed by atoms with Crippen LogP contribution < -0.4 is 5.32 Å². The SMILES string of the molecule is Cc1cccc(C(=O)NC2CCc3nnc(C4CC4)n3CC2)n1. The minimum atomic E-state index is -0.0845. The topological polar surface area (TPSA) is 72.7 Å². The molecule has 0 spiro atoms. The normalized spacial score (nSPS) is 20.7. The summed E-state index contributed by atoms with van der Waals surface area (Å²) < 4.78 is 2.27. The summed E-state index contributed by atoms with van der Waals surface area (Å²) in [5, 5.41) is 11.8. The second-order valence-corrected chi connectivity index (χ2v) is 6.56. The molecule has 1 fully saturated rings. The number of fused-ring (bicyclic) bond motifs is 1. The van der Waals surface area contributed by atoms with Crippen molar-refractivity contribution in [2.45, 2.75) is 57.5 Å². The van der Waals surface area contributed by atoms with Gasteiger partial charge in [0.15, 0.2) is 0 Å². The molecule has 23 heavy (non-hydrogen) atoms. The van der Waals surface area contributed by atoms with E-state index in [2.05, 4.69) is 25.1 Å². The molecule has 0 radical (unpaired) electrons. The first kappa shape index (κ1) is 14.4. The summed E-state index contributed by atoms with van der Waals surface area (Å²) in [5.74, 6) is 2.74. The third kappa shape index (κ3) is 2.98. The number of hydrogen-bond acceptors (Lipinski definition) is 4. The van der Waals surface area contributed by atoms with Gasteiger partial charge in [0, 0.05) is 30.6 Å². The molecule has 6 heteroatoms. The number of aryl methyl sites for hydroxylation is 2. The fourth-order valence-electron chi connectivity index (χ4n) is 3.23. The molecule has 2 aromatic heterocycles. The Morgan fingerprint density at radius 2 is 2.09 bits per heavy atom. The van der Waals surface area contributed by atoms with Gasteiger partial charge in [-0.05, 0) is 44.7 Å². The van der Waals surface area contributed by atoms with Crippen LogP contribution in [0.15, 0.2) is 18.2 Å². The van der Waals surface area contributed by atoms with E-state index < -0.39 is 0 Å². The van der Waals surface area contributed by atoms with E-state index in [0.717, 1.165) is 43.1 Å². The van der Waals surface area contributed by atoms with Crippen LogP contribution in [-0.2, 0) is 13.0 Å². The maximum atomic E-state index is 12.4. The van der Waals surface area contributed by atoms with Crippen LogP contribution >= 0.6 is 0 Å². The Balaban J connectivity index is 1.43. The summed E-state index contributed by atoms with van der Waals surface area (Å²) in [6.07, 6.45) is 5.16. The highest BCUT2D eigenvalue weighted by atomic mass is 16.1. The monoisotopic (exact) mass is 311 g/mol. The van der Waals surface area contributed by atoms with Gasteiger partial charge in [0.25, 0.3) is 5.91 Å². The van der Waals surface area contributed by atoms with Crippen LogP contribution in [0.4, 0.5) is 0 Å². The first-order valence-electron chi connectivity index (χ1n) is 8.37. The third-order valence-corrected chi connectivity index (χ3v) is 4.67. The molecule has 1 aliphatic carbocycles. The van der Waals surface area contributed by atoms with E-state index in [9.17, 15) is 4.79 Å². The molecule has 2 aliphatic rings. The number of hydrogen-bond donors (Lipinski definition) is 1. The molecule has 1 unspecified atom stereocenters. The first-order valence-corrected chi connectivity index (χ1v) is 8.37. The predicted molar refractivity (Wildman–Crippen MR) is 85.2 cm³/mol. The lowest BCUT2D eigenvalue weighted by atomic mass is 10.1. The van der Waals surface area contributed by atoms with Gasteiger partial charge in [-0.2, -0.15) is 0 Å².